The van der Waals surface area contributed by atoms with Gasteiger partial charge < -0.3 is 13.6 Å². The lowest BCUT2D eigenvalue weighted by molar-refractivity contribution is -0.978. The Balaban J connectivity index is 0.000000709. The zero-order valence-corrected chi connectivity index (χ0v) is 19.3. The Morgan fingerprint density at radius 1 is 0.515 bits per heavy atom. The van der Waals surface area contributed by atoms with E-state index < -0.39 is 11.4 Å². The lowest BCUT2D eigenvalue weighted by Gasteiger charge is -2.39. The van der Waals surface area contributed by atoms with Crippen LogP contribution in [-0.2, 0) is 37.5 Å². The predicted octanol–water partition coefficient (Wildman–Crippen LogP) is 5.94. The summed E-state index contributed by atoms with van der Waals surface area (Å²) in [4.78, 5) is 0. The van der Waals surface area contributed by atoms with Crippen molar-refractivity contribution >= 4 is 11.4 Å². The van der Waals surface area contributed by atoms with Gasteiger partial charge in [-0.25, -0.2) is 4.21 Å². The second-order valence-corrected chi connectivity index (χ2v) is 8.57. The van der Waals surface area contributed by atoms with Crippen LogP contribution < -0.4 is 0 Å². The number of nitrogens with zero attached hydrogens (tertiary/aromatic N) is 1. The first-order valence-electron chi connectivity index (χ1n) is 10.8. The van der Waals surface area contributed by atoms with Crippen molar-refractivity contribution in [2.75, 3.05) is 0 Å². The molecule has 0 amide bonds. The third kappa shape index (κ3) is 8.75. The minimum atomic E-state index is -2.86. The van der Waals surface area contributed by atoms with Gasteiger partial charge in [-0.2, -0.15) is 0 Å². The maximum Gasteiger partial charge on any atom is 0.105 e. The summed E-state index contributed by atoms with van der Waals surface area (Å²) in [6.07, 6.45) is 0. The molecule has 4 rings (SSSR count). The monoisotopic (exact) mass is 459 g/mol. The van der Waals surface area contributed by atoms with Crippen molar-refractivity contribution in [3.8, 4) is 0 Å². The summed E-state index contributed by atoms with van der Waals surface area (Å²) >= 11 is -2.86. The number of hydrogen-bond donors (Lipinski definition) is 1. The van der Waals surface area contributed by atoms with Gasteiger partial charge in [0.15, 0.2) is 0 Å². The highest BCUT2D eigenvalue weighted by Gasteiger charge is 2.29. The Hall–Kier alpha value is -3.09. The zero-order valence-electron chi connectivity index (χ0n) is 18.5. The molecule has 0 spiro atoms. The van der Waals surface area contributed by atoms with Crippen molar-refractivity contribution in [3.05, 3.63) is 144 Å². The molecular weight excluding hydrogens is 430 g/mol. The molecule has 0 heterocycles. The van der Waals surface area contributed by atoms with Gasteiger partial charge in [0.1, 0.15) is 26.2 Å². The highest BCUT2D eigenvalue weighted by Crippen LogP contribution is 2.27. The molecule has 33 heavy (non-hydrogen) atoms. The van der Waals surface area contributed by atoms with Crippen LogP contribution in [0.15, 0.2) is 121 Å². The molecule has 1 unspecified atom stereocenters. The zero-order chi connectivity index (χ0) is 23.4. The van der Waals surface area contributed by atoms with Crippen LogP contribution in [-0.4, -0.2) is 17.8 Å². The molecule has 5 heteroatoms. The highest BCUT2D eigenvalue weighted by atomic mass is 32.2. The van der Waals surface area contributed by atoms with Crippen molar-refractivity contribution in [1.82, 2.24) is 0 Å². The Morgan fingerprint density at radius 2 is 0.697 bits per heavy atom. The maximum absolute atomic E-state index is 8.56. The van der Waals surface area contributed by atoms with Gasteiger partial charge in [-0.1, -0.05) is 121 Å². The first-order chi connectivity index (χ1) is 16.0. The minimum Gasteiger partial charge on any atom is -0.750 e. The SMILES string of the molecule is O=S([O-])O.c1ccc(C[N+](Cc2ccccc2)(Cc2ccccc2)Cc2ccccc2)cc1. The summed E-state index contributed by atoms with van der Waals surface area (Å²) in [5.41, 5.74) is 5.54. The highest BCUT2D eigenvalue weighted by molar-refractivity contribution is 7.73. The molecule has 0 aliphatic carbocycles. The third-order valence-electron chi connectivity index (χ3n) is 5.44. The average molecular weight is 460 g/mol. The molecule has 4 aromatic carbocycles. The minimum absolute atomic E-state index is 0.960. The summed E-state index contributed by atoms with van der Waals surface area (Å²) in [6, 6.07) is 43.7. The van der Waals surface area contributed by atoms with Crippen molar-refractivity contribution in [3.63, 3.8) is 0 Å². The largest absolute Gasteiger partial charge is 0.750 e. The molecule has 0 aliphatic rings. The van der Waals surface area contributed by atoms with Gasteiger partial charge in [-0.05, 0) is 0 Å². The normalized spacial score (nSPS) is 11.8. The molecule has 1 N–H and O–H groups in total. The fourth-order valence-electron chi connectivity index (χ4n) is 4.22. The van der Waals surface area contributed by atoms with E-state index in [-0.39, 0.29) is 0 Å². The molecular formula is C28H29NO3S. The van der Waals surface area contributed by atoms with Crippen molar-refractivity contribution in [1.29, 1.82) is 0 Å². The van der Waals surface area contributed by atoms with Crippen LogP contribution in [0.5, 0.6) is 0 Å². The van der Waals surface area contributed by atoms with Crippen molar-refractivity contribution in [2.45, 2.75) is 26.2 Å². The van der Waals surface area contributed by atoms with Gasteiger partial charge in [0, 0.05) is 22.3 Å². The van der Waals surface area contributed by atoms with Crippen LogP contribution in [0.2, 0.25) is 0 Å². The fourth-order valence-corrected chi connectivity index (χ4v) is 4.22. The molecule has 0 fully saturated rings. The first kappa shape index (κ1) is 24.6. The number of quaternary nitrogens is 1. The van der Waals surface area contributed by atoms with Crippen molar-refractivity contribution in [2.24, 2.45) is 0 Å². The summed E-state index contributed by atoms with van der Waals surface area (Å²) in [6.45, 7) is 4.00. The standard InChI is InChI=1S/C28H28N.H2O3S/c1-5-13-25(14-6-1)21-29(22-26-15-7-2-8-16-26,23-27-17-9-3-10-18-27)24-28-19-11-4-12-20-28;1-4(2)3/h1-20H,21-24H2;(H2,1,2,3)/q+1;/p-1. The van der Waals surface area contributed by atoms with E-state index in [1.165, 1.54) is 22.3 Å². The van der Waals surface area contributed by atoms with Gasteiger partial charge >= 0.3 is 0 Å². The van der Waals surface area contributed by atoms with Gasteiger partial charge in [-0.15, -0.1) is 0 Å². The smallest absolute Gasteiger partial charge is 0.105 e. The second kappa shape index (κ2) is 12.8. The Bertz CT molecular complexity index is 916. The molecule has 170 valence electrons. The molecule has 0 aromatic heterocycles. The first-order valence-corrected chi connectivity index (χ1v) is 11.9. The van der Waals surface area contributed by atoms with E-state index >= 15 is 0 Å². The van der Waals surface area contributed by atoms with Crippen LogP contribution >= 0.6 is 0 Å². The van der Waals surface area contributed by atoms with Gasteiger partial charge in [0.05, 0.1) is 11.4 Å². The van der Waals surface area contributed by atoms with E-state index in [0.29, 0.717) is 0 Å². The van der Waals surface area contributed by atoms with Crippen molar-refractivity contribution < 1.29 is 17.8 Å². The second-order valence-electron chi connectivity index (χ2n) is 8.13. The van der Waals surface area contributed by atoms with Gasteiger partial charge in [0.2, 0.25) is 0 Å². The van der Waals surface area contributed by atoms with Crippen LogP contribution in [0.25, 0.3) is 0 Å². The van der Waals surface area contributed by atoms with Gasteiger partial charge in [0.25, 0.3) is 0 Å². The number of benzene rings is 4. The molecule has 4 aromatic rings. The summed E-state index contributed by atoms with van der Waals surface area (Å²) in [5.74, 6) is 0. The van der Waals surface area contributed by atoms with Crippen LogP contribution in [0, 0.1) is 0 Å². The van der Waals surface area contributed by atoms with E-state index in [2.05, 4.69) is 121 Å². The third-order valence-corrected chi connectivity index (χ3v) is 5.44. The van der Waals surface area contributed by atoms with Crippen LogP contribution in [0.4, 0.5) is 0 Å². The molecule has 0 aliphatic heterocycles. The van der Waals surface area contributed by atoms with E-state index in [4.69, 9.17) is 13.3 Å². The quantitative estimate of drug-likeness (QED) is 0.262. The van der Waals surface area contributed by atoms with Crippen LogP contribution in [0.1, 0.15) is 22.3 Å². The Kier molecular flexibility index (Phi) is 9.54. The van der Waals surface area contributed by atoms with Crippen LogP contribution in [0.3, 0.4) is 0 Å². The van der Waals surface area contributed by atoms with E-state index in [9.17, 15) is 0 Å². The molecule has 4 nitrogen and oxygen atoms in total. The van der Waals surface area contributed by atoms with E-state index in [0.717, 1.165) is 30.7 Å². The van der Waals surface area contributed by atoms with Gasteiger partial charge in [-0.3, -0.25) is 0 Å². The maximum atomic E-state index is 8.56. The Labute approximate surface area is 198 Å². The summed E-state index contributed by atoms with van der Waals surface area (Å²) < 4.78 is 25.0. The molecule has 0 saturated heterocycles. The number of rotatable bonds is 8. The lowest BCUT2D eigenvalue weighted by Crippen LogP contribution is -2.45. The predicted molar refractivity (Wildman–Crippen MR) is 132 cm³/mol. The summed E-state index contributed by atoms with van der Waals surface area (Å²) in [5, 5.41) is 0. The lowest BCUT2D eigenvalue weighted by atomic mass is 10.0. The molecule has 1 atom stereocenters. The molecule has 0 radical (unpaired) electrons. The average Bonchev–Trinajstić information content (AvgIpc) is 2.81. The summed E-state index contributed by atoms with van der Waals surface area (Å²) in [7, 11) is 0. The number of hydrogen-bond acceptors (Lipinski definition) is 2. The van der Waals surface area contributed by atoms with E-state index in [1.807, 2.05) is 0 Å². The molecule has 0 saturated carbocycles. The van der Waals surface area contributed by atoms with E-state index in [1.54, 1.807) is 0 Å². The molecule has 0 bridgehead atoms. The Morgan fingerprint density at radius 3 is 0.879 bits per heavy atom. The fraction of sp³-hybridized carbons (Fsp3) is 0.143. The topological polar surface area (TPSA) is 60.4 Å².